The number of halogens is 1. The van der Waals surface area contributed by atoms with Crippen molar-refractivity contribution in [1.29, 1.82) is 0 Å². The molecule has 0 amide bonds. The van der Waals surface area contributed by atoms with Gasteiger partial charge in [0.05, 0.1) is 24.4 Å². The number of ether oxygens (including phenoxy) is 1. The monoisotopic (exact) mass is 490 g/mol. The molecule has 3 aromatic rings. The molecule has 36 heavy (non-hydrogen) atoms. The predicted molar refractivity (Wildman–Crippen MR) is 139 cm³/mol. The second kappa shape index (κ2) is 11.4. The zero-order valence-corrected chi connectivity index (χ0v) is 20.7. The highest BCUT2D eigenvalue weighted by atomic mass is 19.1. The summed E-state index contributed by atoms with van der Waals surface area (Å²) in [7, 11) is 0. The molecular weight excluding hydrogens is 459 g/mol. The van der Waals surface area contributed by atoms with Crippen LogP contribution in [0.25, 0.3) is 27.2 Å². The Balaban J connectivity index is 1.88. The first-order chi connectivity index (χ1) is 17.5. The third-order valence-corrected chi connectivity index (χ3v) is 6.78. The van der Waals surface area contributed by atoms with E-state index in [1.54, 1.807) is 34.9 Å². The first-order valence-electron chi connectivity index (χ1n) is 12.4. The number of nitrogens with zero attached hydrogens (tertiary/aromatic N) is 4. The zero-order chi connectivity index (χ0) is 25.7. The maximum Gasteiger partial charge on any atom is 0.263 e. The van der Waals surface area contributed by atoms with Crippen molar-refractivity contribution in [3.63, 3.8) is 0 Å². The molecule has 7 nitrogen and oxygen atoms in total. The van der Waals surface area contributed by atoms with E-state index in [1.165, 1.54) is 12.1 Å². The Hall–Kier alpha value is -3.70. The van der Waals surface area contributed by atoms with Crippen LogP contribution in [0.2, 0.25) is 0 Å². The molecule has 8 heteroatoms. The van der Waals surface area contributed by atoms with Gasteiger partial charge < -0.3 is 14.7 Å². The quantitative estimate of drug-likeness (QED) is 0.435. The van der Waals surface area contributed by atoms with Gasteiger partial charge >= 0.3 is 0 Å². The van der Waals surface area contributed by atoms with Crippen LogP contribution in [0.4, 0.5) is 16.0 Å². The first-order valence-corrected chi connectivity index (χ1v) is 12.4. The van der Waals surface area contributed by atoms with E-state index in [0.717, 1.165) is 32.4 Å². The summed E-state index contributed by atoms with van der Waals surface area (Å²) in [4.78, 5) is 24.3. The van der Waals surface area contributed by atoms with Crippen LogP contribution in [-0.4, -0.2) is 41.0 Å². The topological polar surface area (TPSA) is 72.0 Å². The fourth-order valence-corrected chi connectivity index (χ4v) is 4.71. The minimum absolute atomic E-state index is 0.0746. The number of aliphatic hydroxyl groups is 1. The molecule has 1 aromatic heterocycles. The van der Waals surface area contributed by atoms with Crippen LogP contribution in [0.5, 0.6) is 5.75 Å². The van der Waals surface area contributed by atoms with Crippen molar-refractivity contribution in [3.05, 3.63) is 70.1 Å². The fraction of sp³-hybridized carbons (Fsp3) is 0.393. The van der Waals surface area contributed by atoms with Crippen LogP contribution in [0.3, 0.4) is 0 Å². The molecule has 0 spiro atoms. The number of hydrogen-bond acceptors (Lipinski definition) is 5. The van der Waals surface area contributed by atoms with Gasteiger partial charge in [-0.3, -0.25) is 9.36 Å². The average molecular weight is 491 g/mol. The van der Waals surface area contributed by atoms with Crippen LogP contribution < -0.4 is 15.2 Å². The summed E-state index contributed by atoms with van der Waals surface area (Å²) in [5, 5.41) is 9.01. The number of piperidine rings is 1. The fourth-order valence-electron chi connectivity index (χ4n) is 4.71. The molecule has 2 aromatic carbocycles. The van der Waals surface area contributed by atoms with E-state index in [1.807, 2.05) is 6.92 Å². The highest BCUT2D eigenvalue weighted by Gasteiger charge is 2.25. The minimum Gasteiger partial charge on any atom is -0.491 e. The van der Waals surface area contributed by atoms with Crippen molar-refractivity contribution in [2.75, 3.05) is 31.2 Å². The van der Waals surface area contributed by atoms with Gasteiger partial charge in [-0.15, -0.1) is 0 Å². The lowest BCUT2D eigenvalue weighted by molar-refractivity contribution is 0.201. The van der Waals surface area contributed by atoms with Crippen molar-refractivity contribution in [1.82, 2.24) is 9.55 Å². The van der Waals surface area contributed by atoms with Crippen molar-refractivity contribution in [2.24, 2.45) is 5.92 Å². The highest BCUT2D eigenvalue weighted by molar-refractivity contribution is 5.82. The summed E-state index contributed by atoms with van der Waals surface area (Å²) in [6.07, 6.45) is 3.21. The van der Waals surface area contributed by atoms with Crippen LogP contribution in [-0.2, 0) is 6.54 Å². The van der Waals surface area contributed by atoms with Gasteiger partial charge in [0, 0.05) is 25.2 Å². The molecule has 188 valence electrons. The van der Waals surface area contributed by atoms with Gasteiger partial charge in [-0.1, -0.05) is 37.6 Å². The number of aliphatic hydroxyl groups excluding tert-OH is 1. The van der Waals surface area contributed by atoms with E-state index in [0.29, 0.717) is 46.5 Å². The summed E-state index contributed by atoms with van der Waals surface area (Å²) >= 11 is 0. The van der Waals surface area contributed by atoms with Crippen molar-refractivity contribution in [3.8, 4) is 28.1 Å². The van der Waals surface area contributed by atoms with Gasteiger partial charge in [0.1, 0.15) is 18.2 Å². The summed E-state index contributed by atoms with van der Waals surface area (Å²) in [6.45, 7) is 13.4. The lowest BCUT2D eigenvalue weighted by atomic mass is 9.94. The van der Waals surface area contributed by atoms with Crippen LogP contribution in [0.15, 0.2) is 47.3 Å². The standard InChI is InChI=1S/C28H31FN4O3/c1-4-19-12-14-32(15-13-19)28-31-26(21-8-11-24(30-3)23(29)18-21)25(27(35)33(28)5-2)20-6-9-22(10-7-20)36-17-16-34/h6-11,18-19,34H,4-5,12-17H2,1-2H3. The molecule has 1 aliphatic heterocycles. The lowest BCUT2D eigenvalue weighted by Crippen LogP contribution is -2.39. The van der Waals surface area contributed by atoms with Gasteiger partial charge in [0.15, 0.2) is 0 Å². The van der Waals surface area contributed by atoms with Crippen LogP contribution in [0.1, 0.15) is 33.1 Å². The molecule has 1 N–H and O–H groups in total. The number of benzene rings is 2. The average Bonchev–Trinajstić information content (AvgIpc) is 2.91. The molecule has 0 radical (unpaired) electrons. The molecule has 1 aliphatic rings. The number of rotatable bonds is 8. The first kappa shape index (κ1) is 25.4. The highest BCUT2D eigenvalue weighted by Crippen LogP contribution is 2.34. The molecule has 0 saturated carbocycles. The van der Waals surface area contributed by atoms with Gasteiger partial charge in [-0.25, -0.2) is 14.2 Å². The molecule has 4 rings (SSSR count). The Morgan fingerprint density at radius 3 is 2.42 bits per heavy atom. The van der Waals surface area contributed by atoms with Gasteiger partial charge in [0.25, 0.3) is 5.56 Å². The zero-order valence-electron chi connectivity index (χ0n) is 20.7. The summed E-state index contributed by atoms with van der Waals surface area (Å²) in [5.41, 5.74) is 1.56. The van der Waals surface area contributed by atoms with Crippen molar-refractivity contribution < 1.29 is 14.2 Å². The van der Waals surface area contributed by atoms with Crippen LogP contribution >= 0.6 is 0 Å². The number of anilines is 1. The van der Waals surface area contributed by atoms with Crippen molar-refractivity contribution >= 4 is 11.6 Å². The lowest BCUT2D eigenvalue weighted by Gasteiger charge is -2.34. The Morgan fingerprint density at radius 1 is 1.14 bits per heavy atom. The van der Waals surface area contributed by atoms with Crippen molar-refractivity contribution in [2.45, 2.75) is 39.7 Å². The van der Waals surface area contributed by atoms with E-state index < -0.39 is 5.82 Å². The summed E-state index contributed by atoms with van der Waals surface area (Å²) in [5.74, 6) is 1.19. The third kappa shape index (κ3) is 5.12. The Morgan fingerprint density at radius 2 is 1.83 bits per heavy atom. The molecule has 1 fully saturated rings. The van der Waals surface area contributed by atoms with E-state index in [-0.39, 0.29) is 24.5 Å². The molecule has 0 unspecified atom stereocenters. The maximum atomic E-state index is 14.7. The van der Waals surface area contributed by atoms with E-state index >= 15 is 0 Å². The molecular formula is C28H31FN4O3. The molecule has 0 atom stereocenters. The number of aromatic nitrogens is 2. The van der Waals surface area contributed by atoms with Gasteiger partial charge in [-0.2, -0.15) is 0 Å². The van der Waals surface area contributed by atoms with E-state index in [2.05, 4.69) is 16.7 Å². The third-order valence-electron chi connectivity index (χ3n) is 6.78. The maximum absolute atomic E-state index is 14.7. The summed E-state index contributed by atoms with van der Waals surface area (Å²) in [6, 6.07) is 11.3. The molecule has 1 saturated heterocycles. The smallest absolute Gasteiger partial charge is 0.263 e. The molecule has 0 bridgehead atoms. The van der Waals surface area contributed by atoms with E-state index in [4.69, 9.17) is 21.4 Å². The SMILES string of the molecule is [C-]#[N+]c1ccc(-c2nc(N3CCC(CC)CC3)n(CC)c(=O)c2-c2ccc(OCCO)cc2)cc1F. The summed E-state index contributed by atoms with van der Waals surface area (Å²) < 4.78 is 21.8. The van der Waals surface area contributed by atoms with E-state index in [9.17, 15) is 9.18 Å². The normalized spacial score (nSPS) is 14.0. The Labute approximate surface area is 210 Å². The minimum atomic E-state index is -0.645. The van der Waals surface area contributed by atoms with Gasteiger partial charge in [0.2, 0.25) is 11.6 Å². The van der Waals surface area contributed by atoms with Crippen LogP contribution in [0, 0.1) is 18.3 Å². The largest absolute Gasteiger partial charge is 0.491 e. The number of hydrogen-bond donors (Lipinski definition) is 1. The Kier molecular flexibility index (Phi) is 8.01. The Bertz CT molecular complexity index is 1310. The molecule has 2 heterocycles. The second-order valence-electron chi connectivity index (χ2n) is 8.90. The molecule has 0 aliphatic carbocycles. The second-order valence-corrected chi connectivity index (χ2v) is 8.90. The predicted octanol–water partition coefficient (Wildman–Crippen LogP) is 5.28. The van der Waals surface area contributed by atoms with Gasteiger partial charge in [-0.05, 0) is 49.4 Å².